The summed E-state index contributed by atoms with van der Waals surface area (Å²) in [6.45, 7) is 1.90. The van der Waals surface area contributed by atoms with Gasteiger partial charge in [-0.2, -0.15) is 0 Å². The Balaban J connectivity index is 2.40. The lowest BCUT2D eigenvalue weighted by molar-refractivity contribution is -0.116. The summed E-state index contributed by atoms with van der Waals surface area (Å²) in [5.74, 6) is 0.308. The molecule has 0 aliphatic rings. The average Bonchev–Trinajstić information content (AvgIpc) is 2.15. The first kappa shape index (κ1) is 13.6. The zero-order valence-corrected chi connectivity index (χ0v) is 10.8. The molecule has 1 aromatic rings. The number of rotatable bonds is 5. The number of nitrogens with one attached hydrogen (secondary N) is 1. The smallest absolute Gasteiger partial charge is 0.225 e. The summed E-state index contributed by atoms with van der Waals surface area (Å²) in [5, 5.41) is 2.62. The molecule has 0 saturated carbocycles. The molecule has 1 aromatic heterocycles. The second-order valence-corrected chi connectivity index (χ2v) is 6.26. The number of pyridine rings is 1. The van der Waals surface area contributed by atoms with Gasteiger partial charge in [-0.15, -0.1) is 0 Å². The number of hydrogen-bond donors (Lipinski definition) is 1. The van der Waals surface area contributed by atoms with E-state index in [9.17, 15) is 13.2 Å². The van der Waals surface area contributed by atoms with Gasteiger partial charge in [0.25, 0.3) is 0 Å². The van der Waals surface area contributed by atoms with Crippen LogP contribution in [0.5, 0.6) is 0 Å². The largest absolute Gasteiger partial charge is 0.311 e. The topological polar surface area (TPSA) is 76.1 Å². The highest BCUT2D eigenvalue weighted by Crippen LogP contribution is 2.06. The minimum absolute atomic E-state index is 0.0294. The van der Waals surface area contributed by atoms with Gasteiger partial charge in [-0.3, -0.25) is 4.79 Å². The fraction of sp³-hybridized carbons (Fsp3) is 0.455. The van der Waals surface area contributed by atoms with Gasteiger partial charge >= 0.3 is 0 Å². The van der Waals surface area contributed by atoms with Crippen molar-refractivity contribution in [3.8, 4) is 0 Å². The van der Waals surface area contributed by atoms with Crippen LogP contribution in [0.15, 0.2) is 18.3 Å². The Morgan fingerprint density at radius 2 is 2.18 bits per heavy atom. The molecular weight excluding hydrogens is 240 g/mol. The molecule has 0 radical (unpaired) electrons. The lowest BCUT2D eigenvalue weighted by Crippen LogP contribution is -2.14. The van der Waals surface area contributed by atoms with Crippen molar-refractivity contribution in [2.45, 2.75) is 19.8 Å². The van der Waals surface area contributed by atoms with Crippen LogP contribution in [0.2, 0.25) is 0 Å². The molecule has 1 N–H and O–H groups in total. The van der Waals surface area contributed by atoms with Gasteiger partial charge < -0.3 is 5.32 Å². The van der Waals surface area contributed by atoms with Crippen LogP contribution in [0.25, 0.3) is 0 Å². The van der Waals surface area contributed by atoms with Crippen LogP contribution in [0.1, 0.15) is 18.4 Å². The highest BCUT2D eigenvalue weighted by Gasteiger charge is 2.06. The molecule has 0 fully saturated rings. The van der Waals surface area contributed by atoms with E-state index in [-0.39, 0.29) is 18.1 Å². The van der Waals surface area contributed by atoms with Gasteiger partial charge in [-0.1, -0.05) is 0 Å². The van der Waals surface area contributed by atoms with Crippen molar-refractivity contribution in [1.82, 2.24) is 4.98 Å². The third-order valence-corrected chi connectivity index (χ3v) is 3.13. The Morgan fingerprint density at radius 3 is 2.76 bits per heavy atom. The molecule has 0 unspecified atom stereocenters. The van der Waals surface area contributed by atoms with E-state index >= 15 is 0 Å². The molecular formula is C11H16N2O3S. The van der Waals surface area contributed by atoms with E-state index in [1.54, 1.807) is 12.3 Å². The zero-order valence-electron chi connectivity index (χ0n) is 9.93. The number of amides is 1. The van der Waals surface area contributed by atoms with E-state index in [0.717, 1.165) is 11.8 Å². The molecule has 6 heteroatoms. The molecule has 1 heterocycles. The molecule has 5 nitrogen and oxygen atoms in total. The number of aromatic nitrogens is 1. The van der Waals surface area contributed by atoms with Crippen molar-refractivity contribution in [1.29, 1.82) is 0 Å². The van der Waals surface area contributed by atoms with Crippen LogP contribution in [0.3, 0.4) is 0 Å². The molecule has 0 bridgehead atoms. The minimum Gasteiger partial charge on any atom is -0.311 e. The summed E-state index contributed by atoms with van der Waals surface area (Å²) in [6.07, 6.45) is 3.29. The lowest BCUT2D eigenvalue weighted by atomic mass is 10.3. The molecule has 94 valence electrons. The Bertz CT molecular complexity index is 497. The summed E-state index contributed by atoms with van der Waals surface area (Å²) in [4.78, 5) is 15.4. The first-order chi connectivity index (χ1) is 7.87. The third kappa shape index (κ3) is 6.01. The van der Waals surface area contributed by atoms with Crippen molar-refractivity contribution < 1.29 is 13.2 Å². The maximum absolute atomic E-state index is 11.5. The number of nitrogens with zero attached hydrogens (tertiary/aromatic N) is 1. The van der Waals surface area contributed by atoms with Gasteiger partial charge in [0.05, 0.1) is 5.75 Å². The number of hydrogen-bond acceptors (Lipinski definition) is 4. The molecule has 0 atom stereocenters. The summed E-state index contributed by atoms with van der Waals surface area (Å²) in [7, 11) is -2.99. The van der Waals surface area contributed by atoms with Crippen molar-refractivity contribution in [2.24, 2.45) is 0 Å². The number of sulfone groups is 1. The van der Waals surface area contributed by atoms with Gasteiger partial charge in [-0.05, 0) is 31.0 Å². The Kier molecular flexibility index (Phi) is 4.62. The second kappa shape index (κ2) is 5.77. The fourth-order valence-corrected chi connectivity index (χ4v) is 1.97. The summed E-state index contributed by atoms with van der Waals surface area (Å²) >= 11 is 0. The number of aryl methyl sites for hydroxylation is 1. The van der Waals surface area contributed by atoms with Crippen molar-refractivity contribution >= 4 is 21.6 Å². The lowest BCUT2D eigenvalue weighted by Gasteiger charge is -2.04. The van der Waals surface area contributed by atoms with Crippen molar-refractivity contribution in [3.63, 3.8) is 0 Å². The van der Waals surface area contributed by atoms with Gasteiger partial charge in [0.1, 0.15) is 15.7 Å². The third-order valence-electron chi connectivity index (χ3n) is 2.10. The summed E-state index contributed by atoms with van der Waals surface area (Å²) in [5.41, 5.74) is 1.01. The first-order valence-corrected chi connectivity index (χ1v) is 7.33. The van der Waals surface area contributed by atoms with Gasteiger partial charge in [0, 0.05) is 18.9 Å². The normalized spacial score (nSPS) is 11.2. The van der Waals surface area contributed by atoms with Crippen LogP contribution < -0.4 is 5.32 Å². The molecule has 17 heavy (non-hydrogen) atoms. The van der Waals surface area contributed by atoms with Crippen molar-refractivity contribution in [2.75, 3.05) is 17.3 Å². The SMILES string of the molecule is Cc1ccnc(NC(=O)CCCS(C)(=O)=O)c1. The predicted molar refractivity (Wildman–Crippen MR) is 66.5 cm³/mol. The van der Waals surface area contributed by atoms with Gasteiger partial charge in [-0.25, -0.2) is 13.4 Å². The Hall–Kier alpha value is -1.43. The minimum atomic E-state index is -2.99. The summed E-state index contributed by atoms with van der Waals surface area (Å²) in [6, 6.07) is 3.59. The number of carbonyl (C=O) groups excluding carboxylic acids is 1. The van der Waals surface area contributed by atoms with Crippen LogP contribution in [0, 0.1) is 6.92 Å². The van der Waals surface area contributed by atoms with E-state index in [1.165, 1.54) is 0 Å². The predicted octanol–water partition coefficient (Wildman–Crippen LogP) is 1.15. The molecule has 1 amide bonds. The van der Waals surface area contributed by atoms with E-state index in [1.807, 2.05) is 13.0 Å². The Morgan fingerprint density at radius 1 is 1.47 bits per heavy atom. The average molecular weight is 256 g/mol. The van der Waals surface area contributed by atoms with E-state index < -0.39 is 9.84 Å². The fourth-order valence-electron chi connectivity index (χ4n) is 1.30. The molecule has 0 aromatic carbocycles. The number of anilines is 1. The monoisotopic (exact) mass is 256 g/mol. The first-order valence-electron chi connectivity index (χ1n) is 5.27. The molecule has 0 saturated heterocycles. The molecule has 0 spiro atoms. The van der Waals surface area contributed by atoms with E-state index in [4.69, 9.17) is 0 Å². The highest BCUT2D eigenvalue weighted by molar-refractivity contribution is 7.90. The maximum Gasteiger partial charge on any atom is 0.225 e. The van der Waals surface area contributed by atoms with Crippen LogP contribution in [-0.4, -0.2) is 31.3 Å². The molecule has 0 aliphatic carbocycles. The van der Waals surface area contributed by atoms with Crippen LogP contribution >= 0.6 is 0 Å². The van der Waals surface area contributed by atoms with E-state index in [0.29, 0.717) is 12.2 Å². The summed E-state index contributed by atoms with van der Waals surface area (Å²) < 4.78 is 21.7. The molecule has 1 rings (SSSR count). The van der Waals surface area contributed by atoms with Crippen LogP contribution in [0.4, 0.5) is 5.82 Å². The highest BCUT2D eigenvalue weighted by atomic mass is 32.2. The van der Waals surface area contributed by atoms with E-state index in [2.05, 4.69) is 10.3 Å². The van der Waals surface area contributed by atoms with Crippen LogP contribution in [-0.2, 0) is 14.6 Å². The number of carbonyl (C=O) groups is 1. The maximum atomic E-state index is 11.5. The Labute approximate surface area is 101 Å². The second-order valence-electron chi connectivity index (χ2n) is 4.00. The standard InChI is InChI=1S/C11H16N2O3S/c1-9-5-6-12-10(8-9)13-11(14)4-3-7-17(2,15)16/h5-6,8H,3-4,7H2,1-2H3,(H,12,13,14). The quantitative estimate of drug-likeness (QED) is 0.857. The zero-order chi connectivity index (χ0) is 12.9. The van der Waals surface area contributed by atoms with Gasteiger partial charge in [0.2, 0.25) is 5.91 Å². The van der Waals surface area contributed by atoms with Crippen molar-refractivity contribution in [3.05, 3.63) is 23.9 Å². The van der Waals surface area contributed by atoms with Gasteiger partial charge in [0.15, 0.2) is 0 Å². The molecule has 0 aliphatic heterocycles.